The lowest BCUT2D eigenvalue weighted by atomic mass is 10.2. The summed E-state index contributed by atoms with van der Waals surface area (Å²) in [6.07, 6.45) is 1.32. The van der Waals surface area contributed by atoms with Crippen LogP contribution in [0.2, 0.25) is 0 Å². The maximum atomic E-state index is 11.7. The lowest BCUT2D eigenvalue weighted by Crippen LogP contribution is -2.17. The van der Waals surface area contributed by atoms with Crippen LogP contribution in [-0.4, -0.2) is 28.1 Å². The molecule has 1 amide bonds. The molecule has 1 heterocycles. The first kappa shape index (κ1) is 15.3. The van der Waals surface area contributed by atoms with Gasteiger partial charge in [0.2, 0.25) is 0 Å². The maximum Gasteiger partial charge on any atom is 0.345 e. The molecule has 9 heteroatoms. The van der Waals surface area contributed by atoms with Crippen molar-refractivity contribution >= 4 is 35.1 Å². The Bertz CT molecular complexity index is 751. The highest BCUT2D eigenvalue weighted by molar-refractivity contribution is 7.15. The Labute approximate surface area is 127 Å². The zero-order valence-corrected chi connectivity index (χ0v) is 11.7. The van der Waals surface area contributed by atoms with Crippen LogP contribution in [0.25, 0.3) is 0 Å². The molecule has 0 spiro atoms. The smallest absolute Gasteiger partial charge is 0.345 e. The molecule has 0 aliphatic carbocycles. The fourth-order valence-electron chi connectivity index (χ4n) is 1.49. The summed E-state index contributed by atoms with van der Waals surface area (Å²) in [6, 6.07) is 8.07. The number of hydrogen-bond donors (Lipinski definition) is 2. The van der Waals surface area contributed by atoms with E-state index in [1.165, 1.54) is 36.5 Å². The van der Waals surface area contributed by atoms with E-state index in [0.717, 1.165) is 11.3 Å². The fraction of sp³-hybridized carbons (Fsp3) is 0. The molecule has 2 N–H and O–H groups in total. The molecule has 0 unspecified atom stereocenters. The second-order valence-corrected chi connectivity index (χ2v) is 5.13. The number of carboxylic acids is 1. The molecule has 112 valence electrons. The van der Waals surface area contributed by atoms with Crippen molar-refractivity contribution in [1.82, 2.24) is 5.43 Å². The number of amides is 1. The molecule has 2 aromatic rings. The summed E-state index contributed by atoms with van der Waals surface area (Å²) in [4.78, 5) is 33.1. The van der Waals surface area contributed by atoms with Gasteiger partial charge in [0, 0.05) is 22.6 Å². The molecule has 0 saturated carbocycles. The number of nitrogens with zero attached hydrogens (tertiary/aromatic N) is 2. The number of carbonyl (C=O) groups excluding carboxylic acids is 1. The van der Waals surface area contributed by atoms with E-state index in [2.05, 4.69) is 10.5 Å². The number of hydrazone groups is 1. The zero-order valence-electron chi connectivity index (χ0n) is 10.9. The van der Waals surface area contributed by atoms with Crippen molar-refractivity contribution in [2.24, 2.45) is 5.10 Å². The minimum atomic E-state index is -1.03. The summed E-state index contributed by atoms with van der Waals surface area (Å²) in [5, 5.41) is 23.0. The third-order valence-corrected chi connectivity index (χ3v) is 3.54. The Balaban J connectivity index is 1.98. The number of carbonyl (C=O) groups is 2. The van der Waals surface area contributed by atoms with Crippen LogP contribution in [0.4, 0.5) is 5.69 Å². The second-order valence-electron chi connectivity index (χ2n) is 4.01. The second kappa shape index (κ2) is 6.59. The number of rotatable bonds is 5. The highest BCUT2D eigenvalue weighted by atomic mass is 32.1. The molecule has 22 heavy (non-hydrogen) atoms. The molecular weight excluding hydrogens is 310 g/mol. The normalized spacial score (nSPS) is 10.5. The Hall–Kier alpha value is -3.07. The van der Waals surface area contributed by atoms with E-state index in [0.29, 0.717) is 4.88 Å². The van der Waals surface area contributed by atoms with Crippen molar-refractivity contribution < 1.29 is 19.6 Å². The molecule has 0 bridgehead atoms. The van der Waals surface area contributed by atoms with Crippen LogP contribution in [-0.2, 0) is 0 Å². The van der Waals surface area contributed by atoms with Gasteiger partial charge in [-0.05, 0) is 24.3 Å². The largest absolute Gasteiger partial charge is 0.477 e. The number of hydrogen-bond acceptors (Lipinski definition) is 6. The van der Waals surface area contributed by atoms with Crippen LogP contribution in [0.3, 0.4) is 0 Å². The molecule has 0 radical (unpaired) electrons. The van der Waals surface area contributed by atoms with Gasteiger partial charge in [-0.3, -0.25) is 14.9 Å². The van der Waals surface area contributed by atoms with Gasteiger partial charge in [0.05, 0.1) is 11.1 Å². The first-order valence-electron chi connectivity index (χ1n) is 5.88. The van der Waals surface area contributed by atoms with Crippen LogP contribution in [0.1, 0.15) is 24.9 Å². The van der Waals surface area contributed by atoms with Crippen molar-refractivity contribution in [2.45, 2.75) is 0 Å². The van der Waals surface area contributed by atoms with Crippen LogP contribution < -0.4 is 5.43 Å². The maximum absolute atomic E-state index is 11.7. The molecule has 8 nitrogen and oxygen atoms in total. The highest BCUT2D eigenvalue weighted by Crippen LogP contribution is 2.14. The van der Waals surface area contributed by atoms with Crippen molar-refractivity contribution in [2.75, 3.05) is 0 Å². The number of benzene rings is 1. The lowest BCUT2D eigenvalue weighted by Gasteiger charge is -1.98. The van der Waals surface area contributed by atoms with Gasteiger partial charge >= 0.3 is 5.97 Å². The number of non-ortho nitro benzene ring substituents is 1. The minimum absolute atomic E-state index is 0.111. The predicted octanol–water partition coefficient (Wildman–Crippen LogP) is 2.12. The Morgan fingerprint density at radius 1 is 1.23 bits per heavy atom. The molecule has 0 saturated heterocycles. The molecular formula is C13H9N3O5S. The predicted molar refractivity (Wildman–Crippen MR) is 79.4 cm³/mol. The minimum Gasteiger partial charge on any atom is -0.477 e. The number of nitrogens with one attached hydrogen (secondary N) is 1. The fourth-order valence-corrected chi connectivity index (χ4v) is 2.21. The third kappa shape index (κ3) is 3.73. The van der Waals surface area contributed by atoms with Gasteiger partial charge in [-0.1, -0.05) is 0 Å². The van der Waals surface area contributed by atoms with E-state index in [-0.39, 0.29) is 16.1 Å². The zero-order chi connectivity index (χ0) is 16.1. The Morgan fingerprint density at radius 3 is 2.45 bits per heavy atom. The summed E-state index contributed by atoms with van der Waals surface area (Å²) in [5.74, 6) is -1.55. The molecule has 0 atom stereocenters. The lowest BCUT2D eigenvalue weighted by molar-refractivity contribution is -0.384. The van der Waals surface area contributed by atoms with Crippen LogP contribution >= 0.6 is 11.3 Å². The van der Waals surface area contributed by atoms with E-state index in [9.17, 15) is 19.7 Å². The van der Waals surface area contributed by atoms with E-state index in [1.807, 2.05) is 0 Å². The first-order chi connectivity index (χ1) is 10.5. The average molecular weight is 319 g/mol. The summed E-state index contributed by atoms with van der Waals surface area (Å²) in [5.41, 5.74) is 2.37. The Morgan fingerprint density at radius 2 is 1.91 bits per heavy atom. The summed E-state index contributed by atoms with van der Waals surface area (Å²) >= 11 is 1.02. The standard InChI is InChI=1S/C13H9N3O5S/c17-12(8-1-3-9(4-2-8)16(20)21)15-14-7-10-5-6-11(22-10)13(18)19/h1-7H,(H,15,17)(H,18,19)/b14-7+. The number of nitro groups is 1. The topological polar surface area (TPSA) is 122 Å². The van der Waals surface area contributed by atoms with Crippen LogP contribution in [0.15, 0.2) is 41.5 Å². The highest BCUT2D eigenvalue weighted by Gasteiger charge is 2.09. The van der Waals surface area contributed by atoms with Gasteiger partial charge in [0.15, 0.2) is 0 Å². The van der Waals surface area contributed by atoms with Crippen LogP contribution in [0.5, 0.6) is 0 Å². The molecule has 1 aromatic heterocycles. The van der Waals surface area contributed by atoms with E-state index >= 15 is 0 Å². The van der Waals surface area contributed by atoms with Crippen molar-refractivity contribution in [3.8, 4) is 0 Å². The number of carboxylic acid groups (broad SMARTS) is 1. The average Bonchev–Trinajstić information content (AvgIpc) is 2.96. The number of aromatic carboxylic acids is 1. The molecule has 0 aliphatic heterocycles. The number of nitro benzene ring substituents is 1. The molecule has 0 aliphatic rings. The summed E-state index contributed by atoms with van der Waals surface area (Å²) in [6.45, 7) is 0. The van der Waals surface area contributed by atoms with Gasteiger partial charge in [-0.2, -0.15) is 5.10 Å². The van der Waals surface area contributed by atoms with Crippen molar-refractivity contribution in [3.63, 3.8) is 0 Å². The number of thiophene rings is 1. The first-order valence-corrected chi connectivity index (χ1v) is 6.70. The van der Waals surface area contributed by atoms with Gasteiger partial charge < -0.3 is 5.11 Å². The SMILES string of the molecule is O=C(N/N=C/c1ccc(C(=O)O)s1)c1ccc([N+](=O)[O-])cc1. The quantitative estimate of drug-likeness (QED) is 0.496. The van der Waals surface area contributed by atoms with Gasteiger partial charge in [0.1, 0.15) is 4.88 Å². The molecule has 1 aromatic carbocycles. The third-order valence-electron chi connectivity index (χ3n) is 2.54. The molecule has 0 fully saturated rings. The molecule has 2 rings (SSSR count). The van der Waals surface area contributed by atoms with Crippen molar-refractivity contribution in [1.29, 1.82) is 0 Å². The van der Waals surface area contributed by atoms with Gasteiger partial charge in [0.25, 0.3) is 11.6 Å². The van der Waals surface area contributed by atoms with E-state index < -0.39 is 16.8 Å². The van der Waals surface area contributed by atoms with Crippen molar-refractivity contribution in [3.05, 3.63) is 61.8 Å². The Kier molecular flexibility index (Phi) is 4.59. The van der Waals surface area contributed by atoms with Gasteiger partial charge in [-0.25, -0.2) is 10.2 Å². The van der Waals surface area contributed by atoms with Gasteiger partial charge in [-0.15, -0.1) is 11.3 Å². The monoisotopic (exact) mass is 319 g/mol. The van der Waals surface area contributed by atoms with E-state index in [4.69, 9.17) is 5.11 Å². The van der Waals surface area contributed by atoms with E-state index in [1.54, 1.807) is 6.07 Å². The summed E-state index contributed by atoms with van der Waals surface area (Å²) in [7, 11) is 0. The van der Waals surface area contributed by atoms with Crippen LogP contribution in [0, 0.1) is 10.1 Å². The summed E-state index contributed by atoms with van der Waals surface area (Å²) < 4.78 is 0.